The number of amides is 2. The van der Waals surface area contributed by atoms with Crippen molar-refractivity contribution in [3.63, 3.8) is 0 Å². The predicted molar refractivity (Wildman–Crippen MR) is 112 cm³/mol. The molecule has 1 saturated carbocycles. The molecule has 1 aliphatic carbocycles. The van der Waals surface area contributed by atoms with E-state index in [1.54, 1.807) is 0 Å². The monoisotopic (exact) mass is 386 g/mol. The van der Waals surface area contributed by atoms with Crippen LogP contribution in [0.2, 0.25) is 0 Å². The zero-order valence-corrected chi connectivity index (χ0v) is 17.5. The van der Waals surface area contributed by atoms with Gasteiger partial charge in [-0.05, 0) is 50.6 Å². The summed E-state index contributed by atoms with van der Waals surface area (Å²) in [6, 6.07) is 6.70. The zero-order valence-electron chi connectivity index (χ0n) is 17.5. The van der Waals surface area contributed by atoms with Crippen molar-refractivity contribution in [2.24, 2.45) is 0 Å². The largest absolute Gasteiger partial charge is 0.374 e. The molecular weight excluding hydrogens is 352 g/mol. The Bertz CT molecular complexity index is 696. The maximum Gasteiger partial charge on any atom is 0.309 e. The molecule has 2 amide bonds. The third-order valence-corrected chi connectivity index (χ3v) is 6.09. The number of likely N-dealkylation sites (N-methyl/N-ethyl adjacent to an activating group) is 2. The topological polar surface area (TPSA) is 64.7 Å². The van der Waals surface area contributed by atoms with Gasteiger partial charge in [-0.25, -0.2) is 0 Å². The lowest BCUT2D eigenvalue weighted by Crippen LogP contribution is -2.46. The molecule has 2 aliphatic rings. The molecule has 1 aliphatic heterocycles. The van der Waals surface area contributed by atoms with Crippen LogP contribution in [0.4, 0.5) is 5.69 Å². The van der Waals surface area contributed by atoms with Gasteiger partial charge in [0.05, 0.1) is 6.04 Å². The summed E-state index contributed by atoms with van der Waals surface area (Å²) < 4.78 is 0. The van der Waals surface area contributed by atoms with Crippen molar-refractivity contribution in [3.8, 4) is 0 Å². The molecule has 6 nitrogen and oxygen atoms in total. The molecule has 0 bridgehead atoms. The minimum atomic E-state index is -0.531. The second-order valence-electron chi connectivity index (χ2n) is 8.41. The molecule has 0 unspecified atom stereocenters. The maximum absolute atomic E-state index is 12.3. The predicted octanol–water partition coefficient (Wildman–Crippen LogP) is 2.24. The Kier molecular flexibility index (Phi) is 6.94. The summed E-state index contributed by atoms with van der Waals surface area (Å²) >= 11 is 0. The summed E-state index contributed by atoms with van der Waals surface area (Å²) in [7, 11) is 6.12. The summed E-state index contributed by atoms with van der Waals surface area (Å²) in [5.41, 5.74) is 3.81. The van der Waals surface area contributed by atoms with Crippen LogP contribution in [-0.2, 0) is 16.0 Å². The van der Waals surface area contributed by atoms with Crippen molar-refractivity contribution in [2.45, 2.75) is 57.0 Å². The van der Waals surface area contributed by atoms with E-state index in [-0.39, 0.29) is 12.1 Å². The van der Waals surface area contributed by atoms with Gasteiger partial charge in [-0.1, -0.05) is 37.8 Å². The molecule has 1 aromatic rings. The molecule has 154 valence electrons. The molecule has 1 heterocycles. The Morgan fingerprint density at radius 1 is 1.14 bits per heavy atom. The average molecular weight is 387 g/mol. The minimum absolute atomic E-state index is 0.0332. The maximum atomic E-state index is 12.3. The van der Waals surface area contributed by atoms with Crippen molar-refractivity contribution in [1.29, 1.82) is 0 Å². The molecule has 0 aromatic heterocycles. The van der Waals surface area contributed by atoms with Crippen LogP contribution in [-0.4, -0.2) is 57.0 Å². The molecule has 28 heavy (non-hydrogen) atoms. The molecule has 0 saturated heterocycles. The summed E-state index contributed by atoms with van der Waals surface area (Å²) in [6.07, 6.45) is 7.70. The standard InChI is InChI=1S/C22H34N4O2/c1-25(2)20(16-10-11-19-17(14-16)12-13-26(19)3)15-23-21(27)22(28)24-18-8-6-4-5-7-9-18/h10-11,14,18,20H,4-9,12-13,15H2,1-3H3,(H,23,27)(H,24,28)/t20-/m0/s1. The number of carbonyl (C=O) groups excluding carboxylic acids is 2. The Morgan fingerprint density at radius 2 is 1.86 bits per heavy atom. The first-order valence-corrected chi connectivity index (χ1v) is 10.5. The summed E-state index contributed by atoms with van der Waals surface area (Å²) in [4.78, 5) is 29.0. The SMILES string of the molecule is CN1CCc2cc([C@H](CNC(=O)C(=O)NC3CCCCCC3)N(C)C)ccc21. The normalized spacial score (nSPS) is 18.5. The number of fused-ring (bicyclic) bond motifs is 1. The molecule has 6 heteroatoms. The van der Waals surface area contributed by atoms with Crippen LogP contribution in [0.1, 0.15) is 55.7 Å². The van der Waals surface area contributed by atoms with Crippen LogP contribution in [0, 0.1) is 0 Å². The Labute approximate surface area is 168 Å². The lowest BCUT2D eigenvalue weighted by Gasteiger charge is -2.26. The molecule has 3 rings (SSSR count). The van der Waals surface area contributed by atoms with E-state index in [1.165, 1.54) is 29.7 Å². The van der Waals surface area contributed by atoms with Gasteiger partial charge in [0.2, 0.25) is 0 Å². The second-order valence-corrected chi connectivity index (χ2v) is 8.41. The van der Waals surface area contributed by atoms with Gasteiger partial charge in [0, 0.05) is 31.9 Å². The van der Waals surface area contributed by atoms with Crippen molar-refractivity contribution in [2.75, 3.05) is 39.1 Å². The first-order valence-electron chi connectivity index (χ1n) is 10.5. The lowest BCUT2D eigenvalue weighted by molar-refractivity contribution is -0.139. The smallest absolute Gasteiger partial charge is 0.309 e. The van der Waals surface area contributed by atoms with E-state index in [4.69, 9.17) is 0 Å². The highest BCUT2D eigenvalue weighted by Gasteiger charge is 2.23. The number of carbonyl (C=O) groups is 2. The van der Waals surface area contributed by atoms with Crippen molar-refractivity contribution in [3.05, 3.63) is 29.3 Å². The van der Waals surface area contributed by atoms with E-state index in [9.17, 15) is 9.59 Å². The van der Waals surface area contributed by atoms with Crippen LogP contribution in [0.3, 0.4) is 0 Å². The lowest BCUT2D eigenvalue weighted by atomic mass is 10.0. The second kappa shape index (κ2) is 9.41. The highest BCUT2D eigenvalue weighted by atomic mass is 16.2. The Morgan fingerprint density at radius 3 is 2.54 bits per heavy atom. The quantitative estimate of drug-likeness (QED) is 0.602. The van der Waals surface area contributed by atoms with Crippen molar-refractivity contribution < 1.29 is 9.59 Å². The van der Waals surface area contributed by atoms with Gasteiger partial charge in [0.1, 0.15) is 0 Å². The fourth-order valence-electron chi connectivity index (χ4n) is 4.34. The number of rotatable bonds is 5. The minimum Gasteiger partial charge on any atom is -0.374 e. The fourth-order valence-corrected chi connectivity index (χ4v) is 4.34. The van der Waals surface area contributed by atoms with E-state index in [2.05, 4.69) is 45.7 Å². The first-order chi connectivity index (χ1) is 13.5. The third-order valence-electron chi connectivity index (χ3n) is 6.09. The number of nitrogens with zero attached hydrogens (tertiary/aromatic N) is 2. The molecule has 2 N–H and O–H groups in total. The summed E-state index contributed by atoms with van der Waals surface area (Å²) in [5.74, 6) is -1.03. The van der Waals surface area contributed by atoms with E-state index in [0.717, 1.165) is 38.6 Å². The van der Waals surface area contributed by atoms with E-state index >= 15 is 0 Å². The number of nitrogens with one attached hydrogen (secondary N) is 2. The van der Waals surface area contributed by atoms with Crippen LogP contribution in [0.5, 0.6) is 0 Å². The van der Waals surface area contributed by atoms with E-state index in [0.29, 0.717) is 6.54 Å². The molecule has 1 fully saturated rings. The van der Waals surface area contributed by atoms with E-state index < -0.39 is 11.8 Å². The summed E-state index contributed by atoms with van der Waals surface area (Å²) in [5, 5.41) is 5.76. The highest BCUT2D eigenvalue weighted by Crippen LogP contribution is 2.30. The molecular formula is C22H34N4O2. The fraction of sp³-hybridized carbons (Fsp3) is 0.636. The van der Waals surface area contributed by atoms with Crippen LogP contribution in [0.15, 0.2) is 18.2 Å². The average Bonchev–Trinajstić information content (AvgIpc) is 2.87. The Balaban J connectivity index is 1.57. The van der Waals surface area contributed by atoms with Gasteiger partial charge in [-0.3, -0.25) is 9.59 Å². The third kappa shape index (κ3) is 5.04. The highest BCUT2D eigenvalue weighted by molar-refractivity contribution is 6.35. The Hall–Kier alpha value is -2.08. The van der Waals surface area contributed by atoms with Gasteiger partial charge < -0.3 is 20.4 Å². The molecule has 1 aromatic carbocycles. The molecule has 0 spiro atoms. The van der Waals surface area contributed by atoms with Crippen LogP contribution >= 0.6 is 0 Å². The molecule has 0 radical (unpaired) electrons. The van der Waals surface area contributed by atoms with Crippen LogP contribution < -0.4 is 15.5 Å². The zero-order chi connectivity index (χ0) is 20.1. The van der Waals surface area contributed by atoms with Crippen LogP contribution in [0.25, 0.3) is 0 Å². The summed E-state index contributed by atoms with van der Waals surface area (Å²) in [6.45, 7) is 1.46. The van der Waals surface area contributed by atoms with Crippen molar-refractivity contribution in [1.82, 2.24) is 15.5 Å². The van der Waals surface area contributed by atoms with Crippen molar-refractivity contribution >= 4 is 17.5 Å². The van der Waals surface area contributed by atoms with E-state index in [1.807, 2.05) is 14.1 Å². The first kappa shape index (κ1) is 20.6. The number of benzene rings is 1. The van der Waals surface area contributed by atoms with Gasteiger partial charge in [0.25, 0.3) is 0 Å². The number of hydrogen-bond donors (Lipinski definition) is 2. The number of hydrogen-bond acceptors (Lipinski definition) is 4. The van der Waals surface area contributed by atoms with Gasteiger partial charge >= 0.3 is 11.8 Å². The van der Waals surface area contributed by atoms with Gasteiger partial charge in [0.15, 0.2) is 0 Å². The number of anilines is 1. The van der Waals surface area contributed by atoms with Gasteiger partial charge in [-0.2, -0.15) is 0 Å². The molecule has 1 atom stereocenters. The van der Waals surface area contributed by atoms with Gasteiger partial charge in [-0.15, -0.1) is 0 Å².